The molecule has 0 aliphatic carbocycles. The van der Waals surface area contributed by atoms with Gasteiger partial charge < -0.3 is 14.2 Å². The van der Waals surface area contributed by atoms with E-state index in [1.807, 2.05) is 0 Å². The maximum absolute atomic E-state index is 12.8. The fraction of sp³-hybridized carbons (Fsp3) is 0.754. The Morgan fingerprint density at radius 3 is 0.880 bits per heavy atom. The number of allylic oxidation sites excluding steroid dienone is 14. The molecule has 0 aromatic heterocycles. The van der Waals surface area contributed by atoms with Crippen molar-refractivity contribution in [1.82, 2.24) is 0 Å². The van der Waals surface area contributed by atoms with Gasteiger partial charge in [0.1, 0.15) is 13.2 Å². The topological polar surface area (TPSA) is 78.9 Å². The number of carbonyl (C=O) groups excluding carboxylic acids is 3. The van der Waals surface area contributed by atoms with Crippen molar-refractivity contribution in [2.75, 3.05) is 13.2 Å². The third kappa shape index (κ3) is 61.3. The van der Waals surface area contributed by atoms with Crippen LogP contribution >= 0.6 is 0 Å². The van der Waals surface area contributed by atoms with Crippen molar-refractivity contribution in [2.45, 2.75) is 322 Å². The molecule has 1 atom stereocenters. The highest BCUT2D eigenvalue weighted by Gasteiger charge is 2.19. The average molecular weight is 1050 g/mol. The van der Waals surface area contributed by atoms with Crippen LogP contribution in [0.3, 0.4) is 0 Å². The summed E-state index contributed by atoms with van der Waals surface area (Å²) in [5.74, 6) is -0.888. The molecule has 0 aromatic carbocycles. The van der Waals surface area contributed by atoms with Crippen molar-refractivity contribution in [3.05, 3.63) is 85.1 Å². The van der Waals surface area contributed by atoms with E-state index < -0.39 is 6.10 Å². The Kier molecular flexibility index (Phi) is 60.3. The van der Waals surface area contributed by atoms with Crippen LogP contribution in [0.25, 0.3) is 0 Å². The molecule has 0 fully saturated rings. The molecular formula is C69H120O6. The van der Waals surface area contributed by atoms with E-state index in [-0.39, 0.29) is 31.1 Å². The van der Waals surface area contributed by atoms with Gasteiger partial charge in [-0.25, -0.2) is 0 Å². The van der Waals surface area contributed by atoms with E-state index in [2.05, 4.69) is 106 Å². The zero-order valence-corrected chi connectivity index (χ0v) is 49.6. The molecule has 0 heterocycles. The third-order valence-electron chi connectivity index (χ3n) is 13.8. The maximum Gasteiger partial charge on any atom is 0.306 e. The minimum atomic E-state index is -0.781. The van der Waals surface area contributed by atoms with E-state index in [4.69, 9.17) is 14.2 Å². The predicted molar refractivity (Wildman–Crippen MR) is 325 cm³/mol. The summed E-state index contributed by atoms with van der Waals surface area (Å²) in [6.07, 6.45) is 83.3. The predicted octanol–water partition coefficient (Wildman–Crippen LogP) is 21.9. The first-order valence-electron chi connectivity index (χ1n) is 32.1. The molecule has 0 amide bonds. The van der Waals surface area contributed by atoms with Gasteiger partial charge in [0.05, 0.1) is 0 Å². The van der Waals surface area contributed by atoms with Gasteiger partial charge in [-0.15, -0.1) is 0 Å². The van der Waals surface area contributed by atoms with E-state index in [0.717, 1.165) is 116 Å². The number of rotatable bonds is 58. The zero-order valence-electron chi connectivity index (χ0n) is 49.6. The highest BCUT2D eigenvalue weighted by atomic mass is 16.6. The molecule has 6 nitrogen and oxygen atoms in total. The Morgan fingerprint density at radius 2 is 0.547 bits per heavy atom. The van der Waals surface area contributed by atoms with Crippen LogP contribution in [0, 0.1) is 0 Å². The quantitative estimate of drug-likeness (QED) is 0.0261. The number of hydrogen-bond acceptors (Lipinski definition) is 6. The second-order valence-corrected chi connectivity index (χ2v) is 21.3. The third-order valence-corrected chi connectivity index (χ3v) is 13.8. The molecule has 0 aliphatic rings. The van der Waals surface area contributed by atoms with Gasteiger partial charge in [-0.3, -0.25) is 14.4 Å². The second-order valence-electron chi connectivity index (χ2n) is 21.3. The Bertz CT molecular complexity index is 1430. The van der Waals surface area contributed by atoms with Gasteiger partial charge >= 0.3 is 17.9 Å². The van der Waals surface area contributed by atoms with E-state index in [1.54, 1.807) is 0 Å². The van der Waals surface area contributed by atoms with E-state index in [1.165, 1.54) is 161 Å². The van der Waals surface area contributed by atoms with Gasteiger partial charge in [0, 0.05) is 19.3 Å². The maximum atomic E-state index is 12.8. The largest absolute Gasteiger partial charge is 0.462 e. The molecule has 1 unspecified atom stereocenters. The fourth-order valence-corrected chi connectivity index (χ4v) is 9.06. The smallest absolute Gasteiger partial charge is 0.306 e. The summed E-state index contributed by atoms with van der Waals surface area (Å²) in [5, 5.41) is 0. The summed E-state index contributed by atoms with van der Waals surface area (Å²) in [6.45, 7) is 6.46. The molecule has 0 radical (unpaired) electrons. The second kappa shape index (κ2) is 63.1. The van der Waals surface area contributed by atoms with Crippen molar-refractivity contribution in [3.63, 3.8) is 0 Å². The Morgan fingerprint density at radius 1 is 0.280 bits per heavy atom. The summed E-state index contributed by atoms with van der Waals surface area (Å²) in [4.78, 5) is 38.1. The first-order valence-corrected chi connectivity index (χ1v) is 32.1. The summed E-state index contributed by atoms with van der Waals surface area (Å²) in [5.41, 5.74) is 0. The minimum Gasteiger partial charge on any atom is -0.462 e. The summed E-state index contributed by atoms with van der Waals surface area (Å²) in [7, 11) is 0. The first-order chi connectivity index (χ1) is 37.0. The summed E-state index contributed by atoms with van der Waals surface area (Å²) in [6, 6.07) is 0. The van der Waals surface area contributed by atoms with Crippen LogP contribution in [0.5, 0.6) is 0 Å². The number of unbranched alkanes of at least 4 members (excludes halogenated alkanes) is 33. The van der Waals surface area contributed by atoms with Gasteiger partial charge in [-0.05, 0) is 109 Å². The Balaban J connectivity index is 4.08. The van der Waals surface area contributed by atoms with Gasteiger partial charge in [0.15, 0.2) is 6.10 Å². The molecule has 0 aromatic rings. The van der Waals surface area contributed by atoms with Crippen LogP contribution in [0.4, 0.5) is 0 Å². The molecule has 0 rings (SSSR count). The van der Waals surface area contributed by atoms with Gasteiger partial charge in [-0.1, -0.05) is 273 Å². The van der Waals surface area contributed by atoms with Crippen LogP contribution in [0.2, 0.25) is 0 Å². The lowest BCUT2D eigenvalue weighted by Crippen LogP contribution is -2.30. The molecule has 0 spiro atoms. The van der Waals surface area contributed by atoms with E-state index >= 15 is 0 Å². The van der Waals surface area contributed by atoms with Crippen molar-refractivity contribution in [2.24, 2.45) is 0 Å². The Hall–Kier alpha value is -3.41. The molecule has 0 N–H and O–H groups in total. The Labute approximate surface area is 465 Å². The molecule has 0 saturated carbocycles. The lowest BCUT2D eigenvalue weighted by atomic mass is 10.0. The number of ether oxygens (including phenoxy) is 3. The zero-order chi connectivity index (χ0) is 54.3. The standard InChI is InChI=1S/C69H120O6/c1-4-7-10-13-16-19-22-24-26-27-28-29-30-31-32-33-34-35-36-37-38-39-40-41-42-43-44-46-47-50-53-56-59-62-68(71)74-65-66(64-73-67(70)61-58-55-52-49-21-18-15-12-9-6-3)75-69(72)63-60-57-54-51-48-45-25-23-20-17-14-11-8-5-2/h7,10,12,15-16,19,23-26,28-29,31-32,66H,4-6,8-9,11,13-14,17-18,20-22,27,30,33-65H2,1-3H3/b10-7-,15-12-,19-16-,25-23-,26-24-,29-28-,32-31-. The highest BCUT2D eigenvalue weighted by molar-refractivity contribution is 5.71. The number of hydrogen-bond donors (Lipinski definition) is 0. The van der Waals surface area contributed by atoms with Gasteiger partial charge in [0.2, 0.25) is 0 Å². The van der Waals surface area contributed by atoms with Crippen LogP contribution in [0.1, 0.15) is 316 Å². The fourth-order valence-electron chi connectivity index (χ4n) is 9.06. The molecule has 75 heavy (non-hydrogen) atoms. The average Bonchev–Trinajstić information content (AvgIpc) is 3.41. The normalized spacial score (nSPS) is 12.6. The van der Waals surface area contributed by atoms with Crippen molar-refractivity contribution in [1.29, 1.82) is 0 Å². The lowest BCUT2D eigenvalue weighted by Gasteiger charge is -2.18. The van der Waals surface area contributed by atoms with Crippen molar-refractivity contribution < 1.29 is 28.6 Å². The van der Waals surface area contributed by atoms with Gasteiger partial charge in [-0.2, -0.15) is 0 Å². The number of esters is 3. The molecule has 432 valence electrons. The minimum absolute atomic E-state index is 0.0791. The van der Waals surface area contributed by atoms with E-state index in [9.17, 15) is 14.4 Å². The number of carbonyl (C=O) groups is 3. The monoisotopic (exact) mass is 1040 g/mol. The molecule has 0 aliphatic heterocycles. The first kappa shape index (κ1) is 71.6. The molecule has 0 bridgehead atoms. The SMILES string of the molecule is CC/C=C\C/C=C\C/C=C\C/C=C\C/C=C\CCCCCCCCCCCCCCCCCCCC(=O)OCC(COC(=O)CCCCCCC/C=C\CCC)OC(=O)CCCCCCC/C=C\CCCCCCC. The van der Waals surface area contributed by atoms with Crippen LogP contribution in [-0.4, -0.2) is 37.2 Å². The van der Waals surface area contributed by atoms with Crippen LogP contribution in [-0.2, 0) is 28.6 Å². The van der Waals surface area contributed by atoms with Crippen LogP contribution < -0.4 is 0 Å². The molecule has 6 heteroatoms. The van der Waals surface area contributed by atoms with Crippen LogP contribution in [0.15, 0.2) is 85.1 Å². The molecule has 0 saturated heterocycles. The lowest BCUT2D eigenvalue weighted by molar-refractivity contribution is -0.167. The summed E-state index contributed by atoms with van der Waals surface area (Å²) >= 11 is 0. The van der Waals surface area contributed by atoms with Gasteiger partial charge in [0.25, 0.3) is 0 Å². The van der Waals surface area contributed by atoms with E-state index in [0.29, 0.717) is 19.3 Å². The summed E-state index contributed by atoms with van der Waals surface area (Å²) < 4.78 is 16.9. The van der Waals surface area contributed by atoms with Crippen molar-refractivity contribution >= 4 is 17.9 Å². The molecular weight excluding hydrogens is 925 g/mol. The van der Waals surface area contributed by atoms with Crippen molar-refractivity contribution in [3.8, 4) is 0 Å². The highest BCUT2D eigenvalue weighted by Crippen LogP contribution is 2.17.